The van der Waals surface area contributed by atoms with Gasteiger partial charge in [0.05, 0.1) is 0 Å². The Bertz CT molecular complexity index is 380. The number of hydrogen-bond acceptors (Lipinski definition) is 2. The predicted octanol–water partition coefficient (Wildman–Crippen LogP) is 2.64. The van der Waals surface area contributed by atoms with Crippen molar-refractivity contribution < 1.29 is 0 Å². The van der Waals surface area contributed by atoms with E-state index in [-0.39, 0.29) is 0 Å². The monoisotopic (exact) mass is 216 g/mol. The molecule has 2 unspecified atom stereocenters. The Balaban J connectivity index is 1.98. The molecule has 2 nitrogen and oxygen atoms in total. The molecule has 0 bridgehead atoms. The second-order valence-corrected chi connectivity index (χ2v) is 5.44. The second kappa shape index (κ2) is 3.85. The summed E-state index contributed by atoms with van der Waals surface area (Å²) in [6.07, 6.45) is 8.40. The molecule has 2 atom stereocenters. The largest absolute Gasteiger partial charge is 0.311 e. The van der Waals surface area contributed by atoms with Crippen molar-refractivity contribution in [3.8, 4) is 0 Å². The zero-order valence-electron chi connectivity index (χ0n) is 10.00. The topological polar surface area (TPSA) is 24.9 Å². The van der Waals surface area contributed by atoms with Gasteiger partial charge in [-0.2, -0.15) is 0 Å². The second-order valence-electron chi connectivity index (χ2n) is 5.44. The Morgan fingerprint density at radius 3 is 3.19 bits per heavy atom. The first-order valence-electron chi connectivity index (χ1n) is 6.48. The van der Waals surface area contributed by atoms with E-state index in [2.05, 4.69) is 29.4 Å². The van der Waals surface area contributed by atoms with E-state index >= 15 is 0 Å². The van der Waals surface area contributed by atoms with Gasteiger partial charge in [-0.25, -0.2) is 0 Å². The lowest BCUT2D eigenvalue weighted by atomic mass is 9.74. The highest BCUT2D eigenvalue weighted by molar-refractivity contribution is 5.29. The summed E-state index contributed by atoms with van der Waals surface area (Å²) in [7, 11) is 0. The Morgan fingerprint density at radius 2 is 2.38 bits per heavy atom. The first kappa shape index (κ1) is 10.3. The van der Waals surface area contributed by atoms with Gasteiger partial charge in [-0.05, 0) is 57.2 Å². The van der Waals surface area contributed by atoms with Crippen LogP contribution in [-0.4, -0.2) is 17.1 Å². The van der Waals surface area contributed by atoms with E-state index in [4.69, 9.17) is 0 Å². The molecule has 0 saturated carbocycles. The van der Waals surface area contributed by atoms with Crippen LogP contribution in [0.15, 0.2) is 18.3 Å². The quantitative estimate of drug-likeness (QED) is 0.780. The van der Waals surface area contributed by atoms with E-state index < -0.39 is 0 Å². The van der Waals surface area contributed by atoms with Gasteiger partial charge >= 0.3 is 0 Å². The number of nitrogens with zero attached hydrogens (tertiary/aromatic N) is 1. The molecule has 3 rings (SSSR count). The zero-order chi connectivity index (χ0) is 11.0. The lowest BCUT2D eigenvalue weighted by Crippen LogP contribution is -2.44. The standard InChI is InChI=1S/C14H20N2/c1-14(8-4-10-16-14)12-7-2-5-11-6-3-9-15-13(11)12/h3,6,9,12,16H,2,4-5,7-8,10H2,1H3. The van der Waals surface area contributed by atoms with E-state index in [1.165, 1.54) is 49.9 Å². The maximum absolute atomic E-state index is 4.65. The first-order valence-corrected chi connectivity index (χ1v) is 6.48. The van der Waals surface area contributed by atoms with Crippen LogP contribution in [-0.2, 0) is 6.42 Å². The normalized spacial score (nSPS) is 33.7. The van der Waals surface area contributed by atoms with Crippen molar-refractivity contribution in [2.75, 3.05) is 6.54 Å². The number of rotatable bonds is 1. The van der Waals surface area contributed by atoms with E-state index in [0.717, 1.165) is 0 Å². The fourth-order valence-corrected chi connectivity index (χ4v) is 3.45. The molecule has 0 radical (unpaired) electrons. The summed E-state index contributed by atoms with van der Waals surface area (Å²) in [5, 5.41) is 3.70. The van der Waals surface area contributed by atoms with Crippen LogP contribution in [0, 0.1) is 0 Å². The van der Waals surface area contributed by atoms with Crippen LogP contribution in [0.1, 0.15) is 49.8 Å². The van der Waals surface area contributed by atoms with Crippen LogP contribution in [0.2, 0.25) is 0 Å². The molecule has 0 spiro atoms. The summed E-state index contributed by atoms with van der Waals surface area (Å²) < 4.78 is 0. The highest BCUT2D eigenvalue weighted by atomic mass is 15.0. The van der Waals surface area contributed by atoms with Gasteiger partial charge in [0.25, 0.3) is 0 Å². The van der Waals surface area contributed by atoms with Crippen LogP contribution in [0.25, 0.3) is 0 Å². The van der Waals surface area contributed by atoms with E-state index in [1.54, 1.807) is 0 Å². The van der Waals surface area contributed by atoms with E-state index in [9.17, 15) is 0 Å². The molecule has 16 heavy (non-hydrogen) atoms. The van der Waals surface area contributed by atoms with Gasteiger partial charge in [0, 0.05) is 23.3 Å². The van der Waals surface area contributed by atoms with Gasteiger partial charge in [-0.3, -0.25) is 4.98 Å². The highest BCUT2D eigenvalue weighted by Crippen LogP contribution is 2.41. The molecule has 2 heteroatoms. The summed E-state index contributed by atoms with van der Waals surface area (Å²) in [4.78, 5) is 4.65. The summed E-state index contributed by atoms with van der Waals surface area (Å²) >= 11 is 0. The molecule has 1 fully saturated rings. The van der Waals surface area contributed by atoms with Crippen LogP contribution < -0.4 is 5.32 Å². The first-order chi connectivity index (χ1) is 7.80. The number of aromatic nitrogens is 1. The van der Waals surface area contributed by atoms with Crippen LogP contribution in [0.5, 0.6) is 0 Å². The third-order valence-corrected chi connectivity index (χ3v) is 4.37. The van der Waals surface area contributed by atoms with Crippen molar-refractivity contribution in [1.29, 1.82) is 0 Å². The SMILES string of the molecule is CC1(C2CCCc3cccnc32)CCCN1. The predicted molar refractivity (Wildman–Crippen MR) is 65.6 cm³/mol. The number of pyridine rings is 1. The Hall–Kier alpha value is -0.890. The zero-order valence-corrected chi connectivity index (χ0v) is 10.00. The average molecular weight is 216 g/mol. The van der Waals surface area contributed by atoms with Crippen LogP contribution in [0.3, 0.4) is 0 Å². The van der Waals surface area contributed by atoms with E-state index in [0.29, 0.717) is 11.5 Å². The van der Waals surface area contributed by atoms with Gasteiger partial charge < -0.3 is 5.32 Å². The lowest BCUT2D eigenvalue weighted by molar-refractivity contribution is 0.299. The van der Waals surface area contributed by atoms with Crippen molar-refractivity contribution in [1.82, 2.24) is 10.3 Å². The van der Waals surface area contributed by atoms with Crippen molar-refractivity contribution in [2.45, 2.75) is 50.5 Å². The molecule has 1 N–H and O–H groups in total. The van der Waals surface area contributed by atoms with E-state index in [1.807, 2.05) is 6.20 Å². The summed E-state index contributed by atoms with van der Waals surface area (Å²) in [6, 6.07) is 4.33. The number of hydrogen-bond donors (Lipinski definition) is 1. The molecule has 1 aromatic heterocycles. The maximum Gasteiger partial charge on any atom is 0.0484 e. The third kappa shape index (κ3) is 1.56. The van der Waals surface area contributed by atoms with Crippen molar-refractivity contribution in [3.63, 3.8) is 0 Å². The summed E-state index contributed by atoms with van der Waals surface area (Å²) in [5.41, 5.74) is 3.14. The van der Waals surface area contributed by atoms with Gasteiger partial charge in [0.15, 0.2) is 0 Å². The number of nitrogens with one attached hydrogen (secondary N) is 1. The maximum atomic E-state index is 4.65. The molecular formula is C14H20N2. The van der Waals surface area contributed by atoms with Gasteiger partial charge in [0.2, 0.25) is 0 Å². The molecular weight excluding hydrogens is 196 g/mol. The molecule has 1 aliphatic heterocycles. The van der Waals surface area contributed by atoms with Crippen molar-refractivity contribution in [3.05, 3.63) is 29.6 Å². The van der Waals surface area contributed by atoms with Gasteiger partial charge in [-0.1, -0.05) is 6.07 Å². The molecule has 0 aromatic carbocycles. The fourth-order valence-electron chi connectivity index (χ4n) is 3.45. The van der Waals surface area contributed by atoms with Crippen LogP contribution in [0.4, 0.5) is 0 Å². The van der Waals surface area contributed by atoms with Gasteiger partial charge in [-0.15, -0.1) is 0 Å². The molecule has 1 saturated heterocycles. The molecule has 86 valence electrons. The Morgan fingerprint density at radius 1 is 1.44 bits per heavy atom. The van der Waals surface area contributed by atoms with Crippen molar-refractivity contribution in [2.24, 2.45) is 0 Å². The highest BCUT2D eigenvalue weighted by Gasteiger charge is 2.40. The number of fused-ring (bicyclic) bond motifs is 1. The van der Waals surface area contributed by atoms with Crippen LogP contribution >= 0.6 is 0 Å². The molecule has 2 heterocycles. The lowest BCUT2D eigenvalue weighted by Gasteiger charge is -2.37. The minimum atomic E-state index is 0.295. The third-order valence-electron chi connectivity index (χ3n) is 4.37. The Labute approximate surface area is 97.5 Å². The minimum Gasteiger partial charge on any atom is -0.311 e. The van der Waals surface area contributed by atoms with Crippen molar-refractivity contribution >= 4 is 0 Å². The molecule has 1 aliphatic carbocycles. The smallest absolute Gasteiger partial charge is 0.0484 e. The number of aryl methyl sites for hydroxylation is 1. The summed E-state index contributed by atoms with van der Waals surface area (Å²) in [5.74, 6) is 0.625. The average Bonchev–Trinajstić information content (AvgIpc) is 2.77. The summed E-state index contributed by atoms with van der Waals surface area (Å²) in [6.45, 7) is 3.56. The molecule has 1 aromatic rings. The minimum absolute atomic E-state index is 0.295. The molecule has 2 aliphatic rings. The fraction of sp³-hybridized carbons (Fsp3) is 0.643. The Kier molecular flexibility index (Phi) is 2.47. The molecule has 0 amide bonds. The van der Waals surface area contributed by atoms with Gasteiger partial charge in [0.1, 0.15) is 0 Å².